The summed E-state index contributed by atoms with van der Waals surface area (Å²) in [6.45, 7) is 4.43. The third kappa shape index (κ3) is 4.48. The predicted molar refractivity (Wildman–Crippen MR) is 94.4 cm³/mol. The van der Waals surface area contributed by atoms with Crippen LogP contribution in [0.5, 0.6) is 5.75 Å². The van der Waals surface area contributed by atoms with E-state index < -0.39 is 0 Å². The summed E-state index contributed by atoms with van der Waals surface area (Å²) >= 11 is 3.96. The molecule has 0 aromatic heterocycles. The zero-order chi connectivity index (χ0) is 15.2. The number of rotatable bonds is 6. The van der Waals surface area contributed by atoms with Gasteiger partial charge >= 0.3 is 0 Å². The minimum atomic E-state index is 0.495. The Bertz CT molecular complexity index is 435. The Morgan fingerprint density at radius 3 is 2.52 bits per heavy atom. The minimum absolute atomic E-state index is 0.495. The van der Waals surface area contributed by atoms with Gasteiger partial charge < -0.3 is 4.74 Å². The number of hydrogen-bond donors (Lipinski definition) is 0. The number of benzene rings is 1. The first kappa shape index (κ1) is 16.9. The van der Waals surface area contributed by atoms with E-state index in [0.29, 0.717) is 4.83 Å². The highest BCUT2D eigenvalue weighted by atomic mass is 79.9. The Morgan fingerprint density at radius 1 is 1.24 bits per heavy atom. The molecule has 2 heteroatoms. The summed E-state index contributed by atoms with van der Waals surface area (Å²) in [5, 5.41) is 0. The molecule has 1 atom stereocenters. The second kappa shape index (κ2) is 8.22. The molecule has 0 saturated heterocycles. The van der Waals surface area contributed by atoms with Crippen LogP contribution in [0.25, 0.3) is 0 Å². The fourth-order valence-corrected chi connectivity index (χ4v) is 4.42. The normalized spacial score (nSPS) is 23.8. The molecule has 1 aromatic rings. The van der Waals surface area contributed by atoms with E-state index in [2.05, 4.69) is 48.0 Å². The lowest BCUT2D eigenvalue weighted by Crippen LogP contribution is -2.18. The van der Waals surface area contributed by atoms with Gasteiger partial charge in [0.05, 0.1) is 7.11 Å². The molecule has 1 fully saturated rings. The number of halogens is 1. The van der Waals surface area contributed by atoms with Crippen molar-refractivity contribution < 1.29 is 4.74 Å². The average molecular weight is 353 g/mol. The molecular formula is C19H29BrO. The molecule has 2 rings (SSSR count). The van der Waals surface area contributed by atoms with Crippen molar-refractivity contribution in [1.82, 2.24) is 0 Å². The van der Waals surface area contributed by atoms with Gasteiger partial charge in [-0.15, -0.1) is 0 Å². The van der Waals surface area contributed by atoms with E-state index in [1.54, 1.807) is 7.11 Å². The van der Waals surface area contributed by atoms with Crippen molar-refractivity contribution in [3.8, 4) is 5.75 Å². The molecular weight excluding hydrogens is 324 g/mol. The van der Waals surface area contributed by atoms with Crippen LogP contribution in [0.3, 0.4) is 0 Å². The van der Waals surface area contributed by atoms with Gasteiger partial charge in [-0.1, -0.05) is 67.1 Å². The minimum Gasteiger partial charge on any atom is -0.496 e. The zero-order valence-corrected chi connectivity index (χ0v) is 15.3. The summed E-state index contributed by atoms with van der Waals surface area (Å²) in [5.41, 5.74) is 2.64. The molecule has 0 heterocycles. The largest absolute Gasteiger partial charge is 0.496 e. The van der Waals surface area contributed by atoms with Gasteiger partial charge in [-0.2, -0.15) is 0 Å². The molecule has 1 aliphatic rings. The maximum absolute atomic E-state index is 5.36. The number of unbranched alkanes of at least 4 members (excludes halogenated alkanes) is 1. The Balaban J connectivity index is 1.92. The number of alkyl halides is 1. The Kier molecular flexibility index (Phi) is 6.60. The van der Waals surface area contributed by atoms with Gasteiger partial charge in [-0.3, -0.25) is 0 Å². The quantitative estimate of drug-likeness (QED) is 0.535. The Hall–Kier alpha value is -0.500. The SMILES string of the molecule is CCCCC1CCC(C(Br)c2ccc(OC)c(C)c2)CC1. The molecule has 1 nitrogen and oxygen atoms in total. The van der Waals surface area contributed by atoms with Crippen LogP contribution >= 0.6 is 15.9 Å². The van der Waals surface area contributed by atoms with Crippen molar-refractivity contribution in [2.75, 3.05) is 7.11 Å². The first-order chi connectivity index (χ1) is 10.2. The summed E-state index contributed by atoms with van der Waals surface area (Å²) in [5.74, 6) is 2.76. The summed E-state index contributed by atoms with van der Waals surface area (Å²) in [7, 11) is 1.74. The van der Waals surface area contributed by atoms with Gasteiger partial charge in [-0.25, -0.2) is 0 Å². The van der Waals surface area contributed by atoms with Gasteiger partial charge in [0.15, 0.2) is 0 Å². The third-order valence-corrected chi connectivity index (χ3v) is 6.28. The van der Waals surface area contributed by atoms with Crippen molar-refractivity contribution in [2.45, 2.75) is 63.6 Å². The van der Waals surface area contributed by atoms with E-state index in [0.717, 1.165) is 17.6 Å². The molecule has 1 unspecified atom stereocenters. The highest BCUT2D eigenvalue weighted by Gasteiger charge is 2.27. The zero-order valence-electron chi connectivity index (χ0n) is 13.7. The maximum Gasteiger partial charge on any atom is 0.121 e. The first-order valence-electron chi connectivity index (χ1n) is 8.44. The molecule has 1 aliphatic carbocycles. The van der Waals surface area contributed by atoms with Crippen molar-refractivity contribution >= 4 is 15.9 Å². The Morgan fingerprint density at radius 2 is 1.95 bits per heavy atom. The summed E-state index contributed by atoms with van der Waals surface area (Å²) < 4.78 is 5.36. The van der Waals surface area contributed by atoms with Crippen molar-refractivity contribution in [3.05, 3.63) is 29.3 Å². The summed E-state index contributed by atoms with van der Waals surface area (Å²) in [4.78, 5) is 0.495. The van der Waals surface area contributed by atoms with E-state index in [1.807, 2.05) is 0 Å². The predicted octanol–water partition coefficient (Wildman–Crippen LogP) is 6.44. The van der Waals surface area contributed by atoms with Crippen molar-refractivity contribution in [3.63, 3.8) is 0 Å². The second-order valence-electron chi connectivity index (χ2n) is 6.55. The lowest BCUT2D eigenvalue weighted by molar-refractivity contribution is 0.257. The van der Waals surface area contributed by atoms with Crippen LogP contribution in [0.1, 0.15) is 67.8 Å². The van der Waals surface area contributed by atoms with Gasteiger partial charge in [0.1, 0.15) is 5.75 Å². The van der Waals surface area contributed by atoms with Crippen LogP contribution in [-0.2, 0) is 0 Å². The van der Waals surface area contributed by atoms with E-state index in [1.165, 1.54) is 56.1 Å². The lowest BCUT2D eigenvalue weighted by Gasteiger charge is -2.32. The summed E-state index contributed by atoms with van der Waals surface area (Å²) in [6, 6.07) is 6.60. The van der Waals surface area contributed by atoms with E-state index in [9.17, 15) is 0 Å². The summed E-state index contributed by atoms with van der Waals surface area (Å²) in [6.07, 6.45) is 9.77. The number of ether oxygens (including phenoxy) is 1. The number of methoxy groups -OCH3 is 1. The van der Waals surface area contributed by atoms with Crippen molar-refractivity contribution in [2.24, 2.45) is 11.8 Å². The van der Waals surface area contributed by atoms with E-state index in [4.69, 9.17) is 4.74 Å². The van der Waals surface area contributed by atoms with Gasteiger partial charge in [-0.05, 0) is 48.8 Å². The molecule has 118 valence electrons. The third-order valence-electron chi connectivity index (χ3n) is 5.01. The van der Waals surface area contributed by atoms with Crippen LogP contribution in [-0.4, -0.2) is 7.11 Å². The molecule has 21 heavy (non-hydrogen) atoms. The standard InChI is InChI=1S/C19H29BrO/c1-4-5-6-15-7-9-16(10-8-15)19(20)17-11-12-18(21-3)14(2)13-17/h11-13,15-16,19H,4-10H2,1-3H3. The second-order valence-corrected chi connectivity index (χ2v) is 7.54. The number of hydrogen-bond acceptors (Lipinski definition) is 1. The molecule has 0 aliphatic heterocycles. The lowest BCUT2D eigenvalue weighted by atomic mass is 9.77. The molecule has 1 aromatic carbocycles. The maximum atomic E-state index is 5.36. The van der Waals surface area contributed by atoms with Crippen LogP contribution in [0, 0.1) is 18.8 Å². The number of aryl methyl sites for hydroxylation is 1. The van der Waals surface area contributed by atoms with E-state index in [-0.39, 0.29) is 0 Å². The molecule has 0 amide bonds. The van der Waals surface area contributed by atoms with Gasteiger partial charge in [0.25, 0.3) is 0 Å². The topological polar surface area (TPSA) is 9.23 Å². The molecule has 0 radical (unpaired) electrons. The smallest absolute Gasteiger partial charge is 0.121 e. The van der Waals surface area contributed by atoms with Gasteiger partial charge in [0, 0.05) is 4.83 Å². The highest BCUT2D eigenvalue weighted by Crippen LogP contribution is 2.43. The van der Waals surface area contributed by atoms with Crippen LogP contribution in [0.2, 0.25) is 0 Å². The monoisotopic (exact) mass is 352 g/mol. The van der Waals surface area contributed by atoms with Crippen LogP contribution in [0.4, 0.5) is 0 Å². The van der Waals surface area contributed by atoms with Crippen molar-refractivity contribution in [1.29, 1.82) is 0 Å². The fourth-order valence-electron chi connectivity index (χ4n) is 3.61. The average Bonchev–Trinajstić information content (AvgIpc) is 2.52. The molecule has 0 N–H and O–H groups in total. The van der Waals surface area contributed by atoms with E-state index >= 15 is 0 Å². The molecule has 1 saturated carbocycles. The van der Waals surface area contributed by atoms with Crippen LogP contribution < -0.4 is 4.74 Å². The fraction of sp³-hybridized carbons (Fsp3) is 0.684. The van der Waals surface area contributed by atoms with Crippen LogP contribution in [0.15, 0.2) is 18.2 Å². The van der Waals surface area contributed by atoms with Gasteiger partial charge in [0.2, 0.25) is 0 Å². The Labute approximate surface area is 138 Å². The molecule has 0 spiro atoms. The highest BCUT2D eigenvalue weighted by molar-refractivity contribution is 9.09. The molecule has 0 bridgehead atoms. The first-order valence-corrected chi connectivity index (χ1v) is 9.35.